The summed E-state index contributed by atoms with van der Waals surface area (Å²) in [5.74, 6) is -3.68. The molecule has 2 N–H and O–H groups in total. The summed E-state index contributed by atoms with van der Waals surface area (Å²) in [5, 5.41) is 4.21. The van der Waals surface area contributed by atoms with Crippen LogP contribution in [0.15, 0.2) is 18.2 Å². The first-order valence-corrected chi connectivity index (χ1v) is 7.59. The second-order valence-electron chi connectivity index (χ2n) is 5.38. The van der Waals surface area contributed by atoms with E-state index in [2.05, 4.69) is 5.32 Å². The number of carbonyl (C=O) groups is 1. The molecule has 0 aliphatic carbocycles. The number of hydrogen-bond acceptors (Lipinski definition) is 4. The van der Waals surface area contributed by atoms with Crippen LogP contribution in [0.5, 0.6) is 11.5 Å². The van der Waals surface area contributed by atoms with Crippen molar-refractivity contribution in [2.75, 3.05) is 13.2 Å². The SMILES string of the molecule is O=C(NC[C@H]1CCCO1)N[C@]1(C(F)(F)F)Oc2ccc(Cl)cc2O1. The van der Waals surface area contributed by atoms with Gasteiger partial charge in [-0.15, -0.1) is 0 Å². The lowest BCUT2D eigenvalue weighted by molar-refractivity contribution is -0.317. The standard InChI is InChI=1S/C14H14ClF3N2O4/c15-8-3-4-10-11(6-8)24-14(23-10,13(16,17)18)20-12(21)19-7-9-2-1-5-22-9/h3-4,6,9H,1-2,5,7H2,(H2,19,20,21)/t9-,14-/m1/s1. The van der Waals surface area contributed by atoms with Crippen LogP contribution < -0.4 is 20.1 Å². The Kier molecular flexibility index (Phi) is 4.39. The quantitative estimate of drug-likeness (QED) is 0.863. The van der Waals surface area contributed by atoms with Crippen LogP contribution in [0, 0.1) is 0 Å². The average Bonchev–Trinajstić information content (AvgIpc) is 3.11. The summed E-state index contributed by atoms with van der Waals surface area (Å²) in [6.45, 7) is 0.668. The minimum Gasteiger partial charge on any atom is -0.424 e. The van der Waals surface area contributed by atoms with Crippen molar-refractivity contribution < 1.29 is 32.2 Å². The molecule has 6 nitrogen and oxygen atoms in total. The maximum atomic E-state index is 13.4. The molecule has 1 saturated heterocycles. The fourth-order valence-electron chi connectivity index (χ4n) is 2.42. The van der Waals surface area contributed by atoms with Crippen LogP contribution in [-0.2, 0) is 4.74 Å². The van der Waals surface area contributed by atoms with Crippen molar-refractivity contribution in [1.29, 1.82) is 0 Å². The maximum Gasteiger partial charge on any atom is 0.492 e. The van der Waals surface area contributed by atoms with Crippen LogP contribution in [0.1, 0.15) is 12.8 Å². The van der Waals surface area contributed by atoms with Crippen LogP contribution in [0.2, 0.25) is 5.02 Å². The molecule has 2 aliphatic heterocycles. The van der Waals surface area contributed by atoms with Gasteiger partial charge in [0.2, 0.25) is 0 Å². The van der Waals surface area contributed by atoms with Crippen molar-refractivity contribution in [3.8, 4) is 11.5 Å². The van der Waals surface area contributed by atoms with Crippen molar-refractivity contribution >= 4 is 17.6 Å². The van der Waals surface area contributed by atoms with Crippen molar-refractivity contribution in [2.45, 2.75) is 31.0 Å². The van der Waals surface area contributed by atoms with Crippen molar-refractivity contribution in [1.82, 2.24) is 10.6 Å². The first-order valence-electron chi connectivity index (χ1n) is 7.21. The molecule has 1 aromatic rings. The predicted octanol–water partition coefficient (Wildman–Crippen LogP) is 2.81. The van der Waals surface area contributed by atoms with Crippen LogP contribution in [0.3, 0.4) is 0 Å². The molecule has 2 heterocycles. The lowest BCUT2D eigenvalue weighted by atomic mass is 10.2. The van der Waals surface area contributed by atoms with E-state index in [0.29, 0.717) is 6.61 Å². The van der Waals surface area contributed by atoms with E-state index >= 15 is 0 Å². The van der Waals surface area contributed by atoms with Gasteiger partial charge in [0.05, 0.1) is 6.10 Å². The second-order valence-corrected chi connectivity index (χ2v) is 5.82. The maximum absolute atomic E-state index is 13.4. The zero-order valence-electron chi connectivity index (χ0n) is 12.3. The van der Waals surface area contributed by atoms with E-state index in [4.69, 9.17) is 25.8 Å². The Balaban J connectivity index is 1.70. The number of rotatable bonds is 3. The molecular formula is C14H14ClF3N2O4. The molecule has 1 fully saturated rings. The monoisotopic (exact) mass is 366 g/mol. The molecule has 1 aromatic carbocycles. The second kappa shape index (κ2) is 6.21. The third-order valence-electron chi connectivity index (χ3n) is 3.58. The molecule has 3 rings (SSSR count). The summed E-state index contributed by atoms with van der Waals surface area (Å²) in [4.78, 5) is 11.9. The Hall–Kier alpha value is -1.87. The van der Waals surface area contributed by atoms with E-state index in [1.54, 1.807) is 5.32 Å². The Morgan fingerprint density at radius 3 is 2.75 bits per heavy atom. The molecule has 0 radical (unpaired) electrons. The molecule has 2 atom stereocenters. The Morgan fingerprint density at radius 1 is 1.33 bits per heavy atom. The molecule has 24 heavy (non-hydrogen) atoms. The number of fused-ring (bicyclic) bond motifs is 1. The third kappa shape index (κ3) is 3.32. The molecule has 10 heteroatoms. The number of benzene rings is 1. The van der Waals surface area contributed by atoms with Crippen LogP contribution in [-0.4, -0.2) is 37.4 Å². The van der Waals surface area contributed by atoms with Gasteiger partial charge in [0, 0.05) is 24.2 Å². The highest BCUT2D eigenvalue weighted by molar-refractivity contribution is 6.30. The summed E-state index contributed by atoms with van der Waals surface area (Å²) >= 11 is 5.73. The van der Waals surface area contributed by atoms with Gasteiger partial charge in [-0.25, -0.2) is 4.79 Å². The van der Waals surface area contributed by atoms with E-state index < -0.39 is 18.1 Å². The first-order chi connectivity index (χ1) is 11.3. The molecular weight excluding hydrogens is 353 g/mol. The molecule has 0 saturated carbocycles. The highest BCUT2D eigenvalue weighted by Crippen LogP contribution is 2.46. The number of carbonyl (C=O) groups excluding carboxylic acids is 1. The van der Waals surface area contributed by atoms with Gasteiger partial charge < -0.3 is 19.5 Å². The summed E-state index contributed by atoms with van der Waals surface area (Å²) in [6.07, 6.45) is -3.64. The Bertz CT molecular complexity index is 637. The first kappa shape index (κ1) is 17.0. The highest BCUT2D eigenvalue weighted by Gasteiger charge is 2.65. The fraction of sp³-hybridized carbons (Fsp3) is 0.500. The number of ether oxygens (including phenoxy) is 3. The number of halogens is 4. The lowest BCUT2D eigenvalue weighted by Crippen LogP contribution is -2.66. The Morgan fingerprint density at radius 2 is 2.08 bits per heavy atom. The zero-order valence-corrected chi connectivity index (χ0v) is 13.0. The minimum absolute atomic E-state index is 0.0958. The molecule has 132 valence electrons. The molecule has 0 spiro atoms. The normalized spacial score (nSPS) is 25.6. The van der Waals surface area contributed by atoms with E-state index in [9.17, 15) is 18.0 Å². The van der Waals surface area contributed by atoms with Gasteiger partial charge in [-0.05, 0) is 25.0 Å². The van der Waals surface area contributed by atoms with Crippen molar-refractivity contribution in [3.63, 3.8) is 0 Å². The van der Waals surface area contributed by atoms with E-state index in [1.807, 2.05) is 0 Å². The predicted molar refractivity (Wildman–Crippen MR) is 77.0 cm³/mol. The number of alkyl halides is 3. The van der Waals surface area contributed by atoms with Gasteiger partial charge in [0.25, 0.3) is 0 Å². The molecule has 0 aromatic heterocycles. The number of nitrogens with one attached hydrogen (secondary N) is 2. The number of urea groups is 1. The highest BCUT2D eigenvalue weighted by atomic mass is 35.5. The zero-order chi connectivity index (χ0) is 17.4. The Labute approximate surface area is 140 Å². The van der Waals surface area contributed by atoms with Crippen LogP contribution in [0.4, 0.5) is 18.0 Å². The fourth-order valence-corrected chi connectivity index (χ4v) is 2.58. The topological polar surface area (TPSA) is 68.8 Å². The van der Waals surface area contributed by atoms with Gasteiger partial charge in [-0.3, -0.25) is 5.32 Å². The van der Waals surface area contributed by atoms with Gasteiger partial charge in [-0.2, -0.15) is 13.2 Å². The van der Waals surface area contributed by atoms with E-state index in [0.717, 1.165) is 12.8 Å². The minimum atomic E-state index is -5.01. The summed E-state index contributed by atoms with van der Waals surface area (Å²) in [6, 6.07) is 2.68. The van der Waals surface area contributed by atoms with E-state index in [1.165, 1.54) is 18.2 Å². The van der Waals surface area contributed by atoms with Crippen molar-refractivity contribution in [3.05, 3.63) is 23.2 Å². The molecule has 0 bridgehead atoms. The number of hydrogen-bond donors (Lipinski definition) is 2. The lowest BCUT2D eigenvalue weighted by Gasteiger charge is -2.29. The summed E-state index contributed by atoms with van der Waals surface area (Å²) < 4.78 is 55.3. The van der Waals surface area contributed by atoms with Crippen LogP contribution >= 0.6 is 11.6 Å². The van der Waals surface area contributed by atoms with E-state index in [-0.39, 0.29) is 29.2 Å². The molecule has 0 unspecified atom stereocenters. The molecule has 2 amide bonds. The largest absolute Gasteiger partial charge is 0.492 e. The van der Waals surface area contributed by atoms with Gasteiger partial charge >= 0.3 is 18.1 Å². The average molecular weight is 367 g/mol. The van der Waals surface area contributed by atoms with Gasteiger partial charge in [0.15, 0.2) is 11.5 Å². The van der Waals surface area contributed by atoms with Crippen LogP contribution in [0.25, 0.3) is 0 Å². The summed E-state index contributed by atoms with van der Waals surface area (Å²) in [7, 11) is 0. The van der Waals surface area contributed by atoms with Crippen molar-refractivity contribution in [2.24, 2.45) is 0 Å². The third-order valence-corrected chi connectivity index (χ3v) is 3.81. The smallest absolute Gasteiger partial charge is 0.424 e. The van der Waals surface area contributed by atoms with Gasteiger partial charge in [0.1, 0.15) is 0 Å². The summed E-state index contributed by atoms with van der Waals surface area (Å²) in [5.41, 5.74) is 0. The van der Waals surface area contributed by atoms with Gasteiger partial charge in [-0.1, -0.05) is 11.6 Å². The molecule has 2 aliphatic rings. The number of amides is 2.